The van der Waals surface area contributed by atoms with E-state index in [9.17, 15) is 0 Å². The van der Waals surface area contributed by atoms with E-state index in [-0.39, 0.29) is 0 Å². The Morgan fingerprint density at radius 1 is 0.688 bits per heavy atom. The first-order valence-corrected chi connectivity index (χ1v) is 6.81. The van der Waals surface area contributed by atoms with E-state index in [0.717, 1.165) is 21.8 Å². The summed E-state index contributed by atoms with van der Waals surface area (Å²) in [5.41, 5.74) is 2.74. The number of hydrogen-bond acceptors (Lipinski definition) is 0. The summed E-state index contributed by atoms with van der Waals surface area (Å²) >= 11 is 6.98. The van der Waals surface area contributed by atoms with Crippen LogP contribution >= 0.6 is 31.9 Å². The summed E-state index contributed by atoms with van der Waals surface area (Å²) in [5, 5.41) is 0. The molecule has 0 aromatic heterocycles. The maximum atomic E-state index is 3.49. The molecule has 2 aromatic rings. The molecule has 0 N–H and O–H groups in total. The fourth-order valence-electron chi connectivity index (χ4n) is 1.67. The van der Waals surface area contributed by atoms with E-state index in [4.69, 9.17) is 0 Å². The zero-order chi connectivity index (χ0) is 11.4. The van der Waals surface area contributed by atoms with Gasteiger partial charge in [0.05, 0.1) is 0 Å². The summed E-state index contributed by atoms with van der Waals surface area (Å²) < 4.78 is 2.30. The van der Waals surface area contributed by atoms with Crippen LogP contribution in [0.15, 0.2) is 57.5 Å². The average Bonchev–Trinajstić information content (AvgIpc) is 2.27. The topological polar surface area (TPSA) is 0 Å². The van der Waals surface area contributed by atoms with Crippen molar-refractivity contribution in [3.63, 3.8) is 0 Å². The molecular weight excluding hydrogens is 328 g/mol. The van der Waals surface area contributed by atoms with Crippen LogP contribution in [0, 0.1) is 0 Å². The second kappa shape index (κ2) is 5.65. The Labute approximate surface area is 113 Å². The lowest BCUT2D eigenvalue weighted by molar-refractivity contribution is 0.958. The Morgan fingerprint density at radius 3 is 1.50 bits per heavy atom. The van der Waals surface area contributed by atoms with Crippen molar-refractivity contribution in [2.75, 3.05) is 0 Å². The second-order valence-electron chi connectivity index (χ2n) is 3.76. The average molecular weight is 340 g/mol. The molecule has 82 valence electrons. The first-order valence-electron chi connectivity index (χ1n) is 5.23. The predicted octanol–water partition coefficient (Wildman–Crippen LogP) is 5.00. The third-order valence-corrected chi connectivity index (χ3v) is 3.47. The zero-order valence-corrected chi connectivity index (χ0v) is 12.0. The summed E-state index contributed by atoms with van der Waals surface area (Å²) in [6.07, 6.45) is 2.16. The minimum atomic E-state index is 1.08. The molecule has 0 unspecified atom stereocenters. The van der Waals surface area contributed by atoms with Crippen molar-refractivity contribution in [3.05, 3.63) is 68.6 Å². The molecule has 0 heterocycles. The van der Waals surface area contributed by atoms with E-state index in [2.05, 4.69) is 80.4 Å². The maximum absolute atomic E-state index is 3.49. The number of halogens is 2. The fourth-order valence-corrected chi connectivity index (χ4v) is 2.57. The van der Waals surface area contributed by atoms with E-state index < -0.39 is 0 Å². The van der Waals surface area contributed by atoms with Crippen LogP contribution in [0.3, 0.4) is 0 Å². The fraction of sp³-hybridized carbons (Fsp3) is 0.143. The van der Waals surface area contributed by atoms with E-state index in [0.29, 0.717) is 0 Å². The summed E-state index contributed by atoms with van der Waals surface area (Å²) in [6.45, 7) is 0. The first-order chi connectivity index (χ1) is 7.74. The van der Waals surface area contributed by atoms with Crippen molar-refractivity contribution in [1.29, 1.82) is 0 Å². The van der Waals surface area contributed by atoms with Crippen LogP contribution in [0.5, 0.6) is 0 Å². The Hall–Kier alpha value is -0.600. The van der Waals surface area contributed by atoms with Crippen LogP contribution in [0.2, 0.25) is 0 Å². The van der Waals surface area contributed by atoms with Gasteiger partial charge in [0, 0.05) is 8.95 Å². The minimum Gasteiger partial charge on any atom is -0.0609 e. The van der Waals surface area contributed by atoms with Crippen molar-refractivity contribution >= 4 is 31.9 Å². The molecule has 0 amide bonds. The van der Waals surface area contributed by atoms with Crippen molar-refractivity contribution in [1.82, 2.24) is 0 Å². The van der Waals surface area contributed by atoms with Gasteiger partial charge in [-0.2, -0.15) is 0 Å². The van der Waals surface area contributed by atoms with Crippen LogP contribution < -0.4 is 0 Å². The quantitative estimate of drug-likeness (QED) is 0.738. The third-order valence-electron chi connectivity index (χ3n) is 2.48. The van der Waals surface area contributed by atoms with Gasteiger partial charge in [0.15, 0.2) is 0 Å². The monoisotopic (exact) mass is 338 g/mol. The standard InChI is InChI=1S/C14H12Br2/c15-13-5-1-3-11(9-13)7-8-12-4-2-6-14(16)10-12/h1-6,9-10H,7-8H2. The molecule has 2 aromatic carbocycles. The Morgan fingerprint density at radius 2 is 1.12 bits per heavy atom. The highest BCUT2D eigenvalue weighted by Gasteiger charge is 1.97. The van der Waals surface area contributed by atoms with Gasteiger partial charge in [0.25, 0.3) is 0 Å². The lowest BCUT2D eigenvalue weighted by Gasteiger charge is -2.03. The van der Waals surface area contributed by atoms with Gasteiger partial charge in [-0.3, -0.25) is 0 Å². The molecule has 0 aliphatic rings. The summed E-state index contributed by atoms with van der Waals surface area (Å²) in [4.78, 5) is 0. The summed E-state index contributed by atoms with van der Waals surface area (Å²) in [5.74, 6) is 0. The van der Waals surface area contributed by atoms with E-state index >= 15 is 0 Å². The molecular formula is C14H12Br2. The third kappa shape index (κ3) is 3.46. The number of benzene rings is 2. The molecule has 0 fully saturated rings. The van der Waals surface area contributed by atoms with E-state index in [1.165, 1.54) is 11.1 Å². The van der Waals surface area contributed by atoms with E-state index in [1.54, 1.807) is 0 Å². The van der Waals surface area contributed by atoms with Gasteiger partial charge in [-0.05, 0) is 48.2 Å². The van der Waals surface area contributed by atoms with Crippen LogP contribution in [0.1, 0.15) is 11.1 Å². The van der Waals surface area contributed by atoms with Crippen LogP contribution in [-0.2, 0) is 12.8 Å². The van der Waals surface area contributed by atoms with Gasteiger partial charge in [-0.1, -0.05) is 56.1 Å². The van der Waals surface area contributed by atoms with Crippen LogP contribution in [-0.4, -0.2) is 0 Å². The predicted molar refractivity (Wildman–Crippen MR) is 75.7 cm³/mol. The molecule has 0 bridgehead atoms. The van der Waals surface area contributed by atoms with Crippen molar-refractivity contribution in [2.45, 2.75) is 12.8 Å². The van der Waals surface area contributed by atoms with Gasteiger partial charge in [-0.15, -0.1) is 0 Å². The molecule has 0 saturated carbocycles. The SMILES string of the molecule is Brc1cccc(CCc2cccc(Br)c2)c1. The van der Waals surface area contributed by atoms with Crippen molar-refractivity contribution < 1.29 is 0 Å². The van der Waals surface area contributed by atoms with E-state index in [1.807, 2.05) is 0 Å². The summed E-state index contributed by atoms with van der Waals surface area (Å²) in [6, 6.07) is 17.0. The van der Waals surface area contributed by atoms with Crippen LogP contribution in [0.4, 0.5) is 0 Å². The molecule has 16 heavy (non-hydrogen) atoms. The largest absolute Gasteiger partial charge is 0.0609 e. The normalized spacial score (nSPS) is 10.4. The highest BCUT2D eigenvalue weighted by molar-refractivity contribution is 9.10. The molecule has 0 aliphatic heterocycles. The molecule has 0 saturated heterocycles. The maximum Gasteiger partial charge on any atom is 0.0177 e. The Bertz CT molecular complexity index is 432. The molecule has 0 spiro atoms. The Kier molecular flexibility index (Phi) is 4.19. The number of hydrogen-bond donors (Lipinski definition) is 0. The molecule has 0 aliphatic carbocycles. The molecule has 0 radical (unpaired) electrons. The molecule has 2 heteroatoms. The zero-order valence-electron chi connectivity index (χ0n) is 8.79. The van der Waals surface area contributed by atoms with Crippen LogP contribution in [0.25, 0.3) is 0 Å². The highest BCUT2D eigenvalue weighted by atomic mass is 79.9. The van der Waals surface area contributed by atoms with Gasteiger partial charge >= 0.3 is 0 Å². The van der Waals surface area contributed by atoms with Gasteiger partial charge in [0.1, 0.15) is 0 Å². The number of rotatable bonds is 3. The van der Waals surface area contributed by atoms with Gasteiger partial charge < -0.3 is 0 Å². The summed E-state index contributed by atoms with van der Waals surface area (Å²) in [7, 11) is 0. The first kappa shape index (κ1) is 11.9. The number of aryl methyl sites for hydroxylation is 2. The van der Waals surface area contributed by atoms with Gasteiger partial charge in [-0.25, -0.2) is 0 Å². The molecule has 2 rings (SSSR count). The van der Waals surface area contributed by atoms with Gasteiger partial charge in [0.2, 0.25) is 0 Å². The second-order valence-corrected chi connectivity index (χ2v) is 5.59. The lowest BCUT2D eigenvalue weighted by Crippen LogP contribution is -1.91. The minimum absolute atomic E-state index is 1.08. The Balaban J connectivity index is 2.02. The smallest absolute Gasteiger partial charge is 0.0177 e. The van der Waals surface area contributed by atoms with Crippen molar-refractivity contribution in [3.8, 4) is 0 Å². The van der Waals surface area contributed by atoms with Crippen molar-refractivity contribution in [2.24, 2.45) is 0 Å². The molecule has 0 atom stereocenters. The lowest BCUT2D eigenvalue weighted by atomic mass is 10.0. The highest BCUT2D eigenvalue weighted by Crippen LogP contribution is 2.16. The molecule has 0 nitrogen and oxygen atoms in total.